The van der Waals surface area contributed by atoms with E-state index in [2.05, 4.69) is 25.6 Å². The van der Waals surface area contributed by atoms with Crippen LogP contribution in [0.15, 0.2) is 42.2 Å². The first-order valence-corrected chi connectivity index (χ1v) is 11.3. The van der Waals surface area contributed by atoms with Gasteiger partial charge in [0, 0.05) is 30.5 Å². The number of aromatic nitrogens is 3. The quantitative estimate of drug-likeness (QED) is 0.383. The molecule has 3 heterocycles. The monoisotopic (exact) mass is 473 g/mol. The standard InChI is InChI=1S/C25H27N7O3/c1-25(2,3)31-23(33)19-14-27-22-21(19)30-20(15-28-22)29-18-6-4-16(5-7-18)12-17(13-26)24(34)32-8-10-35-11-9-32/h4-7,12,14-15H,8-11H2,1-3H3,(H,27,28)(H,29,30)(H,31,33)/b17-12+. The fourth-order valence-corrected chi connectivity index (χ4v) is 3.59. The Morgan fingerprint density at radius 1 is 1.20 bits per heavy atom. The average molecular weight is 474 g/mol. The number of nitriles is 1. The number of nitrogens with one attached hydrogen (secondary N) is 3. The zero-order chi connectivity index (χ0) is 25.0. The number of aromatic amines is 1. The second-order valence-electron chi connectivity index (χ2n) is 9.18. The van der Waals surface area contributed by atoms with Gasteiger partial charge >= 0.3 is 0 Å². The van der Waals surface area contributed by atoms with Crippen LogP contribution in [0.25, 0.3) is 17.2 Å². The van der Waals surface area contributed by atoms with E-state index in [1.165, 1.54) is 0 Å². The lowest BCUT2D eigenvalue weighted by Gasteiger charge is -2.26. The van der Waals surface area contributed by atoms with Crippen LogP contribution >= 0.6 is 0 Å². The number of carbonyl (C=O) groups excluding carboxylic acids is 2. The normalized spacial score (nSPS) is 14.5. The Hall–Kier alpha value is -4.23. The first-order valence-electron chi connectivity index (χ1n) is 11.3. The van der Waals surface area contributed by atoms with Crippen LogP contribution in [0.5, 0.6) is 0 Å². The Morgan fingerprint density at radius 2 is 1.91 bits per heavy atom. The van der Waals surface area contributed by atoms with Crippen LogP contribution in [0.2, 0.25) is 0 Å². The molecule has 1 fully saturated rings. The Balaban J connectivity index is 1.49. The van der Waals surface area contributed by atoms with E-state index in [4.69, 9.17) is 4.74 Å². The maximum absolute atomic E-state index is 12.6. The van der Waals surface area contributed by atoms with Crippen LogP contribution in [-0.2, 0) is 9.53 Å². The second kappa shape index (κ2) is 9.95. The number of morpholine rings is 1. The van der Waals surface area contributed by atoms with Crippen LogP contribution in [0, 0.1) is 11.3 Å². The van der Waals surface area contributed by atoms with E-state index in [-0.39, 0.29) is 22.9 Å². The van der Waals surface area contributed by atoms with Gasteiger partial charge in [0.15, 0.2) is 5.65 Å². The van der Waals surface area contributed by atoms with Gasteiger partial charge in [0.2, 0.25) is 0 Å². The highest BCUT2D eigenvalue weighted by molar-refractivity contribution is 6.05. The predicted octanol–water partition coefficient (Wildman–Crippen LogP) is 3.00. The molecule has 180 valence electrons. The molecule has 0 spiro atoms. The maximum atomic E-state index is 12.6. The topological polar surface area (TPSA) is 136 Å². The van der Waals surface area contributed by atoms with Gasteiger partial charge < -0.3 is 25.3 Å². The molecule has 35 heavy (non-hydrogen) atoms. The third-order valence-corrected chi connectivity index (χ3v) is 5.26. The molecule has 0 radical (unpaired) electrons. The van der Waals surface area contributed by atoms with Gasteiger partial charge in [-0.15, -0.1) is 0 Å². The smallest absolute Gasteiger partial charge is 0.264 e. The molecule has 1 saturated heterocycles. The number of amides is 2. The number of carbonyl (C=O) groups is 2. The summed E-state index contributed by atoms with van der Waals surface area (Å²) < 4.78 is 5.27. The zero-order valence-corrected chi connectivity index (χ0v) is 19.9. The lowest BCUT2D eigenvalue weighted by atomic mass is 10.1. The van der Waals surface area contributed by atoms with Gasteiger partial charge in [-0.05, 0) is 44.5 Å². The fourth-order valence-electron chi connectivity index (χ4n) is 3.59. The summed E-state index contributed by atoms with van der Waals surface area (Å²) in [4.78, 5) is 38.7. The fraction of sp³-hybridized carbons (Fsp3) is 0.320. The molecule has 0 atom stereocenters. The van der Waals surface area contributed by atoms with Crippen LogP contribution in [-0.4, -0.2) is 63.5 Å². The van der Waals surface area contributed by atoms with Gasteiger partial charge in [0.1, 0.15) is 23.0 Å². The highest BCUT2D eigenvalue weighted by Gasteiger charge is 2.21. The zero-order valence-electron chi connectivity index (χ0n) is 19.9. The molecule has 3 aromatic rings. The predicted molar refractivity (Wildman–Crippen MR) is 132 cm³/mol. The lowest BCUT2D eigenvalue weighted by Crippen LogP contribution is -2.41. The highest BCUT2D eigenvalue weighted by atomic mass is 16.5. The van der Waals surface area contributed by atoms with Gasteiger partial charge in [-0.25, -0.2) is 9.97 Å². The molecular weight excluding hydrogens is 446 g/mol. The number of H-pyrrole nitrogens is 1. The first kappa shape index (κ1) is 23.9. The molecule has 3 N–H and O–H groups in total. The Kier molecular flexibility index (Phi) is 6.80. The van der Waals surface area contributed by atoms with E-state index in [0.717, 1.165) is 11.3 Å². The van der Waals surface area contributed by atoms with Crippen LogP contribution in [0.4, 0.5) is 11.5 Å². The molecule has 1 aliphatic rings. The summed E-state index contributed by atoms with van der Waals surface area (Å²) in [6.45, 7) is 7.65. The third kappa shape index (κ3) is 5.83. The molecule has 2 aromatic heterocycles. The molecule has 0 saturated carbocycles. The van der Waals surface area contributed by atoms with Crippen LogP contribution in [0.1, 0.15) is 36.7 Å². The SMILES string of the molecule is CC(C)(C)NC(=O)c1c[nH]c2ncc(Nc3ccc(/C=C(\C#N)C(=O)N4CCOCC4)cc3)nc12. The molecule has 4 rings (SSSR count). The Morgan fingerprint density at radius 3 is 2.57 bits per heavy atom. The van der Waals surface area contributed by atoms with Gasteiger partial charge in [0.05, 0.1) is 25.0 Å². The van der Waals surface area contributed by atoms with E-state index in [1.807, 2.05) is 39.0 Å². The van der Waals surface area contributed by atoms with Crippen molar-refractivity contribution in [2.24, 2.45) is 0 Å². The van der Waals surface area contributed by atoms with E-state index >= 15 is 0 Å². The second-order valence-corrected chi connectivity index (χ2v) is 9.18. The van der Waals surface area contributed by atoms with Crippen molar-refractivity contribution in [1.82, 2.24) is 25.2 Å². The summed E-state index contributed by atoms with van der Waals surface area (Å²) in [6.07, 6.45) is 4.75. The average Bonchev–Trinajstić information content (AvgIpc) is 3.26. The summed E-state index contributed by atoms with van der Waals surface area (Å²) in [6, 6.07) is 9.24. The van der Waals surface area contributed by atoms with E-state index < -0.39 is 0 Å². The molecule has 0 unspecified atom stereocenters. The lowest BCUT2D eigenvalue weighted by molar-refractivity contribution is -0.130. The number of anilines is 2. The number of nitrogens with zero attached hydrogens (tertiary/aromatic N) is 4. The highest BCUT2D eigenvalue weighted by Crippen LogP contribution is 2.21. The Bertz CT molecular complexity index is 1310. The molecule has 0 bridgehead atoms. The number of hydrogen-bond donors (Lipinski definition) is 3. The third-order valence-electron chi connectivity index (χ3n) is 5.26. The van der Waals surface area contributed by atoms with Crippen molar-refractivity contribution in [3.8, 4) is 6.07 Å². The van der Waals surface area contributed by atoms with Crippen LogP contribution in [0.3, 0.4) is 0 Å². The molecule has 2 amide bonds. The molecular formula is C25H27N7O3. The van der Waals surface area contributed by atoms with Crippen molar-refractivity contribution in [2.75, 3.05) is 31.6 Å². The van der Waals surface area contributed by atoms with Crippen molar-refractivity contribution < 1.29 is 14.3 Å². The van der Waals surface area contributed by atoms with E-state index in [9.17, 15) is 14.9 Å². The molecule has 1 aliphatic heterocycles. The van der Waals surface area contributed by atoms with Gasteiger partial charge in [-0.2, -0.15) is 5.26 Å². The maximum Gasteiger partial charge on any atom is 0.264 e. The summed E-state index contributed by atoms with van der Waals surface area (Å²) in [7, 11) is 0. The molecule has 0 aliphatic carbocycles. The summed E-state index contributed by atoms with van der Waals surface area (Å²) >= 11 is 0. The summed E-state index contributed by atoms with van der Waals surface area (Å²) in [5.74, 6) is -0.0453. The summed E-state index contributed by atoms with van der Waals surface area (Å²) in [5.41, 5.74) is 2.57. The number of benzene rings is 1. The van der Waals surface area contributed by atoms with Gasteiger partial charge in [-0.3, -0.25) is 9.59 Å². The van der Waals surface area contributed by atoms with Crippen molar-refractivity contribution in [3.63, 3.8) is 0 Å². The minimum atomic E-state index is -0.377. The van der Waals surface area contributed by atoms with Crippen molar-refractivity contribution in [3.05, 3.63) is 53.4 Å². The largest absolute Gasteiger partial charge is 0.378 e. The number of hydrogen-bond acceptors (Lipinski definition) is 7. The van der Waals surface area contributed by atoms with E-state index in [0.29, 0.717) is 48.8 Å². The number of ether oxygens (including phenoxy) is 1. The van der Waals surface area contributed by atoms with Gasteiger partial charge in [0.25, 0.3) is 11.8 Å². The van der Waals surface area contributed by atoms with E-state index in [1.54, 1.807) is 35.5 Å². The first-order chi connectivity index (χ1) is 16.7. The number of rotatable bonds is 5. The van der Waals surface area contributed by atoms with Crippen molar-refractivity contribution in [2.45, 2.75) is 26.3 Å². The van der Waals surface area contributed by atoms with Gasteiger partial charge in [-0.1, -0.05) is 12.1 Å². The minimum absolute atomic E-state index is 0.0810. The minimum Gasteiger partial charge on any atom is -0.378 e. The molecule has 10 nitrogen and oxygen atoms in total. The summed E-state index contributed by atoms with van der Waals surface area (Å²) in [5, 5.41) is 15.6. The van der Waals surface area contributed by atoms with Crippen LogP contribution < -0.4 is 10.6 Å². The van der Waals surface area contributed by atoms with Crippen molar-refractivity contribution in [1.29, 1.82) is 5.26 Å². The van der Waals surface area contributed by atoms with Crippen molar-refractivity contribution >= 4 is 40.6 Å². The molecule has 1 aromatic carbocycles. The Labute approximate surface area is 203 Å². The molecule has 10 heteroatoms. The number of fused-ring (bicyclic) bond motifs is 1.